The van der Waals surface area contributed by atoms with Gasteiger partial charge in [-0.1, -0.05) is 44.3 Å². The second kappa shape index (κ2) is 10.3. The molecule has 2 aromatic rings. The van der Waals surface area contributed by atoms with Crippen LogP contribution in [-0.4, -0.2) is 35.6 Å². The molecule has 1 aliphatic heterocycles. The van der Waals surface area contributed by atoms with E-state index in [4.69, 9.17) is 4.52 Å². The quantitative estimate of drug-likeness (QED) is 0.647. The summed E-state index contributed by atoms with van der Waals surface area (Å²) in [4.78, 5) is 17.1. The Balaban J connectivity index is 2.06. The zero-order valence-corrected chi connectivity index (χ0v) is 19.3. The van der Waals surface area contributed by atoms with Gasteiger partial charge in [-0.3, -0.25) is 9.69 Å². The Morgan fingerprint density at radius 1 is 1.10 bits per heavy atom. The number of aromatic nitrogens is 1. The van der Waals surface area contributed by atoms with Gasteiger partial charge in [0.1, 0.15) is 5.76 Å². The highest BCUT2D eigenvalue weighted by Crippen LogP contribution is 2.33. The van der Waals surface area contributed by atoms with Crippen molar-refractivity contribution in [2.75, 3.05) is 24.5 Å². The molecule has 0 saturated heterocycles. The standard InChI is InChI=1S/C25H37N3O2/c1-18(2)16-27-13-9-7-6-8-10-14-28(21(5)29)24-12-11-22(15-23(24)17-27)25-19(3)26-30-20(25)4/h11-12,15,18H,6-10,13-14,16-17H2,1-5H3. The fraction of sp³-hybridized carbons (Fsp3) is 0.600. The predicted molar refractivity (Wildman–Crippen MR) is 123 cm³/mol. The number of benzene rings is 1. The molecule has 30 heavy (non-hydrogen) atoms. The van der Waals surface area contributed by atoms with Crippen molar-refractivity contribution < 1.29 is 9.32 Å². The maximum Gasteiger partial charge on any atom is 0.223 e. The first kappa shape index (κ1) is 22.5. The van der Waals surface area contributed by atoms with E-state index in [0.29, 0.717) is 5.92 Å². The number of amides is 1. The zero-order valence-electron chi connectivity index (χ0n) is 19.3. The number of carbonyl (C=O) groups excluding carboxylic acids is 1. The lowest BCUT2D eigenvalue weighted by molar-refractivity contribution is -0.116. The van der Waals surface area contributed by atoms with Gasteiger partial charge in [0, 0.05) is 37.8 Å². The first-order valence-corrected chi connectivity index (χ1v) is 11.4. The minimum Gasteiger partial charge on any atom is -0.361 e. The molecular formula is C25H37N3O2. The highest BCUT2D eigenvalue weighted by Gasteiger charge is 2.21. The lowest BCUT2D eigenvalue weighted by Crippen LogP contribution is -2.33. The summed E-state index contributed by atoms with van der Waals surface area (Å²) in [5.41, 5.74) is 5.35. The lowest BCUT2D eigenvalue weighted by Gasteiger charge is -2.30. The van der Waals surface area contributed by atoms with Crippen LogP contribution in [0.3, 0.4) is 0 Å². The molecule has 0 atom stereocenters. The third kappa shape index (κ3) is 5.51. The van der Waals surface area contributed by atoms with Crippen LogP contribution in [0.5, 0.6) is 0 Å². The topological polar surface area (TPSA) is 49.6 Å². The Morgan fingerprint density at radius 2 is 1.80 bits per heavy atom. The van der Waals surface area contributed by atoms with E-state index in [-0.39, 0.29) is 5.91 Å². The van der Waals surface area contributed by atoms with Gasteiger partial charge in [-0.15, -0.1) is 0 Å². The number of carbonyl (C=O) groups is 1. The maximum atomic E-state index is 12.5. The van der Waals surface area contributed by atoms with E-state index < -0.39 is 0 Å². The summed E-state index contributed by atoms with van der Waals surface area (Å²) in [5, 5.41) is 4.14. The van der Waals surface area contributed by atoms with Crippen molar-refractivity contribution >= 4 is 11.6 Å². The average Bonchev–Trinajstić information content (AvgIpc) is 3.00. The molecule has 1 amide bonds. The fourth-order valence-electron chi connectivity index (χ4n) is 4.60. The van der Waals surface area contributed by atoms with Crippen LogP contribution in [-0.2, 0) is 11.3 Å². The maximum absolute atomic E-state index is 12.5. The van der Waals surface area contributed by atoms with Crippen molar-refractivity contribution in [1.29, 1.82) is 0 Å². The first-order chi connectivity index (χ1) is 14.4. The fourth-order valence-corrected chi connectivity index (χ4v) is 4.60. The Morgan fingerprint density at radius 3 is 2.43 bits per heavy atom. The summed E-state index contributed by atoms with van der Waals surface area (Å²) < 4.78 is 5.41. The number of nitrogens with zero attached hydrogens (tertiary/aromatic N) is 3. The molecule has 1 aliphatic rings. The van der Waals surface area contributed by atoms with Gasteiger partial charge in [0.25, 0.3) is 0 Å². The van der Waals surface area contributed by atoms with Crippen LogP contribution in [0.4, 0.5) is 5.69 Å². The van der Waals surface area contributed by atoms with Gasteiger partial charge in [0.2, 0.25) is 5.91 Å². The van der Waals surface area contributed by atoms with E-state index in [1.165, 1.54) is 31.2 Å². The summed E-state index contributed by atoms with van der Waals surface area (Å²) in [6.45, 7) is 14.0. The molecule has 5 nitrogen and oxygen atoms in total. The minimum atomic E-state index is 0.119. The Bertz CT molecular complexity index is 837. The van der Waals surface area contributed by atoms with Gasteiger partial charge < -0.3 is 9.42 Å². The van der Waals surface area contributed by atoms with Crippen LogP contribution in [0, 0.1) is 19.8 Å². The Hall–Kier alpha value is -2.14. The highest BCUT2D eigenvalue weighted by atomic mass is 16.5. The lowest BCUT2D eigenvalue weighted by atomic mass is 9.98. The second-order valence-electron chi connectivity index (χ2n) is 9.11. The molecule has 0 unspecified atom stereocenters. The molecule has 1 aromatic carbocycles. The molecule has 5 heteroatoms. The molecule has 0 bridgehead atoms. The summed E-state index contributed by atoms with van der Waals surface area (Å²) in [6, 6.07) is 6.48. The summed E-state index contributed by atoms with van der Waals surface area (Å²) >= 11 is 0. The molecule has 0 spiro atoms. The molecule has 1 aromatic heterocycles. The van der Waals surface area contributed by atoms with Gasteiger partial charge in [0.05, 0.1) is 5.69 Å². The normalized spacial score (nSPS) is 16.8. The molecule has 3 rings (SSSR count). The van der Waals surface area contributed by atoms with Crippen LogP contribution in [0.2, 0.25) is 0 Å². The Kier molecular flexibility index (Phi) is 7.70. The van der Waals surface area contributed by atoms with Crippen molar-refractivity contribution in [2.24, 2.45) is 5.92 Å². The van der Waals surface area contributed by atoms with Crippen LogP contribution in [0.1, 0.15) is 69.9 Å². The van der Waals surface area contributed by atoms with Crippen molar-refractivity contribution in [2.45, 2.75) is 73.3 Å². The molecular weight excluding hydrogens is 374 g/mol. The van der Waals surface area contributed by atoms with E-state index in [1.54, 1.807) is 6.92 Å². The number of aryl methyl sites for hydroxylation is 2. The average molecular weight is 412 g/mol. The largest absolute Gasteiger partial charge is 0.361 e. The molecule has 164 valence electrons. The predicted octanol–water partition coefficient (Wildman–Crippen LogP) is 5.73. The van der Waals surface area contributed by atoms with Crippen LogP contribution >= 0.6 is 0 Å². The van der Waals surface area contributed by atoms with Crippen molar-refractivity contribution in [1.82, 2.24) is 10.1 Å². The molecule has 0 aliphatic carbocycles. The molecule has 2 heterocycles. The summed E-state index contributed by atoms with van der Waals surface area (Å²) in [6.07, 6.45) is 5.99. The van der Waals surface area contributed by atoms with Crippen molar-refractivity contribution in [3.05, 3.63) is 35.2 Å². The van der Waals surface area contributed by atoms with Crippen molar-refractivity contribution in [3.63, 3.8) is 0 Å². The van der Waals surface area contributed by atoms with Gasteiger partial charge in [-0.05, 0) is 62.4 Å². The van der Waals surface area contributed by atoms with Gasteiger partial charge in [-0.25, -0.2) is 0 Å². The van der Waals surface area contributed by atoms with E-state index in [1.807, 2.05) is 18.7 Å². The first-order valence-electron chi connectivity index (χ1n) is 11.4. The molecule has 0 fully saturated rings. The number of rotatable bonds is 3. The highest BCUT2D eigenvalue weighted by molar-refractivity contribution is 5.93. The van der Waals surface area contributed by atoms with Crippen LogP contribution in [0.15, 0.2) is 22.7 Å². The van der Waals surface area contributed by atoms with E-state index in [9.17, 15) is 4.79 Å². The van der Waals surface area contributed by atoms with Gasteiger partial charge >= 0.3 is 0 Å². The summed E-state index contributed by atoms with van der Waals surface area (Å²) in [7, 11) is 0. The zero-order chi connectivity index (χ0) is 21.7. The number of hydrogen-bond acceptors (Lipinski definition) is 4. The van der Waals surface area contributed by atoms with Crippen LogP contribution in [0.25, 0.3) is 11.1 Å². The van der Waals surface area contributed by atoms with Gasteiger partial charge in [-0.2, -0.15) is 0 Å². The number of hydrogen-bond donors (Lipinski definition) is 0. The molecule has 0 N–H and O–H groups in total. The number of anilines is 1. The van der Waals surface area contributed by atoms with E-state index in [2.05, 4.69) is 42.1 Å². The Labute approximate surface area is 181 Å². The van der Waals surface area contributed by atoms with Gasteiger partial charge in [0.15, 0.2) is 0 Å². The third-order valence-corrected chi connectivity index (χ3v) is 5.95. The SMILES string of the molecule is CC(=O)N1CCCCCCCN(CC(C)C)Cc2cc(-c3c(C)noc3C)ccc21. The monoisotopic (exact) mass is 411 g/mol. The van der Waals surface area contributed by atoms with E-state index in [0.717, 1.165) is 60.9 Å². The van der Waals surface area contributed by atoms with Crippen LogP contribution < -0.4 is 4.90 Å². The summed E-state index contributed by atoms with van der Waals surface area (Å²) in [5.74, 6) is 1.56. The number of fused-ring (bicyclic) bond motifs is 1. The smallest absolute Gasteiger partial charge is 0.223 e. The third-order valence-electron chi connectivity index (χ3n) is 5.95. The van der Waals surface area contributed by atoms with E-state index >= 15 is 0 Å². The molecule has 0 radical (unpaired) electrons. The minimum absolute atomic E-state index is 0.119. The second-order valence-corrected chi connectivity index (χ2v) is 9.11. The molecule has 0 saturated carbocycles. The van der Waals surface area contributed by atoms with Crippen molar-refractivity contribution in [3.8, 4) is 11.1 Å².